The van der Waals surface area contributed by atoms with Crippen LogP contribution in [-0.2, 0) is 14.3 Å². The smallest absolute Gasteiger partial charge is 0.408 e. The molecule has 6 heteroatoms. The zero-order valence-electron chi connectivity index (χ0n) is 15.9. The molecule has 0 aliphatic carbocycles. The standard InChI is InChI=1S/C19H29NO5/c1-7-13(2)12-24-15-10-8-14(9-11-15)16(17(21)23-6)20-18(22)25-19(3,4)5/h8-11,13,16H,7,12H2,1-6H3,(H,20,22)/t13-,16+/m0/s1. The molecule has 0 saturated heterocycles. The molecule has 1 amide bonds. The van der Waals surface area contributed by atoms with Gasteiger partial charge in [0.05, 0.1) is 13.7 Å². The van der Waals surface area contributed by atoms with E-state index in [1.54, 1.807) is 45.0 Å². The maximum Gasteiger partial charge on any atom is 0.408 e. The van der Waals surface area contributed by atoms with E-state index in [2.05, 4.69) is 19.2 Å². The van der Waals surface area contributed by atoms with E-state index in [0.717, 1.165) is 6.42 Å². The number of benzene rings is 1. The average Bonchev–Trinajstić information content (AvgIpc) is 2.55. The third-order valence-corrected chi connectivity index (χ3v) is 3.54. The van der Waals surface area contributed by atoms with E-state index in [1.165, 1.54) is 7.11 Å². The second-order valence-electron chi connectivity index (χ2n) is 7.00. The van der Waals surface area contributed by atoms with Crippen LogP contribution in [0.5, 0.6) is 5.75 Å². The van der Waals surface area contributed by atoms with Gasteiger partial charge in [-0.25, -0.2) is 9.59 Å². The Labute approximate surface area is 149 Å². The lowest BCUT2D eigenvalue weighted by Gasteiger charge is -2.23. The molecular formula is C19H29NO5. The number of carbonyl (C=O) groups is 2. The molecule has 1 N–H and O–H groups in total. The Bertz CT molecular complexity index is 562. The van der Waals surface area contributed by atoms with Crippen LogP contribution in [0.25, 0.3) is 0 Å². The zero-order chi connectivity index (χ0) is 19.0. The third-order valence-electron chi connectivity index (χ3n) is 3.54. The molecular weight excluding hydrogens is 322 g/mol. The summed E-state index contributed by atoms with van der Waals surface area (Å²) in [5.74, 6) is 0.611. The summed E-state index contributed by atoms with van der Waals surface area (Å²) in [6, 6.07) is 6.05. The fraction of sp³-hybridized carbons (Fsp3) is 0.579. The lowest BCUT2D eigenvalue weighted by Crippen LogP contribution is -2.38. The molecule has 0 aromatic heterocycles. The van der Waals surface area contributed by atoms with Gasteiger partial charge < -0.3 is 19.5 Å². The second-order valence-corrected chi connectivity index (χ2v) is 7.00. The minimum absolute atomic E-state index is 0.469. The summed E-state index contributed by atoms with van der Waals surface area (Å²) in [5.41, 5.74) is -0.0630. The number of esters is 1. The van der Waals surface area contributed by atoms with Gasteiger partial charge >= 0.3 is 12.1 Å². The van der Waals surface area contributed by atoms with Crippen molar-refractivity contribution < 1.29 is 23.8 Å². The molecule has 0 heterocycles. The van der Waals surface area contributed by atoms with Crippen molar-refractivity contribution in [2.75, 3.05) is 13.7 Å². The monoisotopic (exact) mass is 351 g/mol. The maximum absolute atomic E-state index is 12.0. The molecule has 6 nitrogen and oxygen atoms in total. The average molecular weight is 351 g/mol. The Morgan fingerprint density at radius 2 is 1.76 bits per heavy atom. The summed E-state index contributed by atoms with van der Waals surface area (Å²) in [4.78, 5) is 24.0. The highest BCUT2D eigenvalue weighted by molar-refractivity contribution is 5.82. The first-order chi connectivity index (χ1) is 11.7. The van der Waals surface area contributed by atoms with Crippen LogP contribution < -0.4 is 10.1 Å². The van der Waals surface area contributed by atoms with Crippen LogP contribution in [0, 0.1) is 5.92 Å². The number of hydrogen-bond acceptors (Lipinski definition) is 5. The van der Waals surface area contributed by atoms with Gasteiger partial charge in [-0.1, -0.05) is 32.4 Å². The van der Waals surface area contributed by atoms with Crippen molar-refractivity contribution >= 4 is 12.1 Å². The number of alkyl carbamates (subject to hydrolysis) is 1. The molecule has 0 bridgehead atoms. The zero-order valence-corrected chi connectivity index (χ0v) is 15.9. The highest BCUT2D eigenvalue weighted by Crippen LogP contribution is 2.20. The van der Waals surface area contributed by atoms with Crippen LogP contribution in [0.1, 0.15) is 52.6 Å². The fourth-order valence-corrected chi connectivity index (χ4v) is 1.93. The number of methoxy groups -OCH3 is 1. The summed E-state index contributed by atoms with van der Waals surface area (Å²) in [6.07, 6.45) is 0.363. The van der Waals surface area contributed by atoms with Gasteiger partial charge in [-0.15, -0.1) is 0 Å². The first-order valence-corrected chi connectivity index (χ1v) is 8.46. The SMILES string of the molecule is CC[C@H](C)COc1ccc([C@@H](NC(=O)OC(C)(C)C)C(=O)OC)cc1. The molecule has 2 atom stereocenters. The van der Waals surface area contributed by atoms with Crippen molar-refractivity contribution in [3.8, 4) is 5.75 Å². The number of nitrogens with one attached hydrogen (secondary N) is 1. The predicted octanol–water partition coefficient (Wildman–Crippen LogP) is 3.85. The molecule has 0 saturated carbocycles. The molecule has 0 aliphatic heterocycles. The van der Waals surface area contributed by atoms with Crippen LogP contribution >= 0.6 is 0 Å². The highest BCUT2D eigenvalue weighted by atomic mass is 16.6. The number of carbonyl (C=O) groups excluding carboxylic acids is 2. The normalized spacial score (nSPS) is 13.5. The quantitative estimate of drug-likeness (QED) is 0.755. The summed E-state index contributed by atoms with van der Waals surface area (Å²) in [7, 11) is 1.27. The van der Waals surface area contributed by atoms with E-state index < -0.39 is 23.7 Å². The van der Waals surface area contributed by atoms with Crippen LogP contribution in [0.4, 0.5) is 4.79 Å². The molecule has 1 aromatic carbocycles. The number of rotatable bonds is 7. The molecule has 0 fully saturated rings. The van der Waals surface area contributed by atoms with Gasteiger partial charge in [-0.3, -0.25) is 0 Å². The van der Waals surface area contributed by atoms with Crippen LogP contribution in [0.15, 0.2) is 24.3 Å². The Morgan fingerprint density at radius 3 is 2.24 bits per heavy atom. The highest BCUT2D eigenvalue weighted by Gasteiger charge is 2.26. The lowest BCUT2D eigenvalue weighted by molar-refractivity contribution is -0.143. The minimum atomic E-state index is -0.941. The number of hydrogen-bond donors (Lipinski definition) is 1. The Kier molecular flexibility index (Phi) is 7.74. The van der Waals surface area contributed by atoms with Gasteiger partial charge in [0.15, 0.2) is 6.04 Å². The first kappa shape index (κ1) is 20.8. The van der Waals surface area contributed by atoms with E-state index in [1.807, 2.05) is 0 Å². The number of amides is 1. The van der Waals surface area contributed by atoms with E-state index in [-0.39, 0.29) is 0 Å². The second kappa shape index (κ2) is 9.30. The first-order valence-electron chi connectivity index (χ1n) is 8.46. The molecule has 0 unspecified atom stereocenters. The Morgan fingerprint density at radius 1 is 1.16 bits per heavy atom. The van der Waals surface area contributed by atoms with E-state index in [0.29, 0.717) is 23.8 Å². The summed E-state index contributed by atoms with van der Waals surface area (Å²) in [5, 5.41) is 2.54. The van der Waals surface area contributed by atoms with Crippen LogP contribution in [0.3, 0.4) is 0 Å². The van der Waals surface area contributed by atoms with Crippen LogP contribution in [0.2, 0.25) is 0 Å². The molecule has 0 spiro atoms. The summed E-state index contributed by atoms with van der Waals surface area (Å²) in [6.45, 7) is 10.1. The molecule has 25 heavy (non-hydrogen) atoms. The Balaban J connectivity index is 2.82. The molecule has 1 aromatic rings. The minimum Gasteiger partial charge on any atom is -0.493 e. The molecule has 0 radical (unpaired) electrons. The predicted molar refractivity (Wildman–Crippen MR) is 95.5 cm³/mol. The summed E-state index contributed by atoms with van der Waals surface area (Å²) >= 11 is 0. The van der Waals surface area contributed by atoms with E-state index in [4.69, 9.17) is 14.2 Å². The van der Waals surface area contributed by atoms with Crippen molar-refractivity contribution in [1.29, 1.82) is 0 Å². The lowest BCUT2D eigenvalue weighted by atomic mass is 10.1. The summed E-state index contributed by atoms with van der Waals surface area (Å²) < 4.78 is 15.7. The third kappa shape index (κ3) is 7.45. The van der Waals surface area contributed by atoms with Gasteiger partial charge in [-0.05, 0) is 44.4 Å². The molecule has 0 aliphatic rings. The Hall–Kier alpha value is -2.24. The topological polar surface area (TPSA) is 73.9 Å². The van der Waals surface area contributed by atoms with Crippen molar-refractivity contribution in [1.82, 2.24) is 5.32 Å². The van der Waals surface area contributed by atoms with E-state index in [9.17, 15) is 9.59 Å². The van der Waals surface area contributed by atoms with Gasteiger partial charge in [0.2, 0.25) is 0 Å². The fourth-order valence-electron chi connectivity index (χ4n) is 1.93. The van der Waals surface area contributed by atoms with E-state index >= 15 is 0 Å². The van der Waals surface area contributed by atoms with Crippen LogP contribution in [-0.4, -0.2) is 31.4 Å². The van der Waals surface area contributed by atoms with Crippen molar-refractivity contribution in [2.24, 2.45) is 5.92 Å². The van der Waals surface area contributed by atoms with Gasteiger partial charge in [0.1, 0.15) is 11.4 Å². The molecule has 140 valence electrons. The van der Waals surface area contributed by atoms with Crippen molar-refractivity contribution in [2.45, 2.75) is 52.7 Å². The van der Waals surface area contributed by atoms with Gasteiger partial charge in [-0.2, -0.15) is 0 Å². The largest absolute Gasteiger partial charge is 0.493 e. The maximum atomic E-state index is 12.0. The van der Waals surface area contributed by atoms with Gasteiger partial charge in [0, 0.05) is 0 Å². The number of ether oxygens (including phenoxy) is 3. The van der Waals surface area contributed by atoms with Crippen molar-refractivity contribution in [3.05, 3.63) is 29.8 Å². The van der Waals surface area contributed by atoms with Gasteiger partial charge in [0.25, 0.3) is 0 Å². The molecule has 1 rings (SSSR count). The van der Waals surface area contributed by atoms with Crippen molar-refractivity contribution in [3.63, 3.8) is 0 Å².